The van der Waals surface area contributed by atoms with E-state index >= 15 is 0 Å². The van der Waals surface area contributed by atoms with Crippen LogP contribution in [-0.2, 0) is 9.53 Å². The number of aromatic nitrogens is 1. The molecule has 1 fully saturated rings. The first-order valence-corrected chi connectivity index (χ1v) is 11.0. The summed E-state index contributed by atoms with van der Waals surface area (Å²) >= 11 is 0. The van der Waals surface area contributed by atoms with Crippen molar-refractivity contribution in [2.75, 3.05) is 53.6 Å². The van der Waals surface area contributed by atoms with Gasteiger partial charge in [0.15, 0.2) is 0 Å². The van der Waals surface area contributed by atoms with Gasteiger partial charge in [-0.1, -0.05) is 18.2 Å². The van der Waals surface area contributed by atoms with Crippen LogP contribution in [0.25, 0.3) is 10.9 Å². The lowest BCUT2D eigenvalue weighted by Crippen LogP contribution is -2.41. The van der Waals surface area contributed by atoms with Gasteiger partial charge in [-0.25, -0.2) is 0 Å². The number of hydrogen-bond donors (Lipinski definition) is 2. The smallest absolute Gasteiger partial charge is 0.220 e. The lowest BCUT2D eigenvalue weighted by molar-refractivity contribution is -0.121. The number of fused-ring (bicyclic) bond motifs is 1. The second kappa shape index (κ2) is 10.5. The van der Waals surface area contributed by atoms with Crippen LogP contribution < -0.4 is 14.8 Å². The zero-order chi connectivity index (χ0) is 22.3. The van der Waals surface area contributed by atoms with E-state index in [0.29, 0.717) is 13.0 Å². The van der Waals surface area contributed by atoms with Crippen molar-refractivity contribution in [1.29, 1.82) is 0 Å². The molecule has 1 unspecified atom stereocenters. The molecule has 32 heavy (non-hydrogen) atoms. The second-order valence-corrected chi connectivity index (χ2v) is 7.96. The average molecular weight is 438 g/mol. The van der Waals surface area contributed by atoms with Crippen LogP contribution in [0.4, 0.5) is 0 Å². The van der Waals surface area contributed by atoms with E-state index in [1.165, 1.54) is 0 Å². The number of aromatic amines is 1. The zero-order valence-electron chi connectivity index (χ0n) is 18.7. The first-order valence-electron chi connectivity index (χ1n) is 11.0. The van der Waals surface area contributed by atoms with E-state index in [1.807, 2.05) is 48.7 Å². The summed E-state index contributed by atoms with van der Waals surface area (Å²) in [6, 6.07) is 13.8. The Kier molecular flexibility index (Phi) is 7.29. The maximum absolute atomic E-state index is 13.0. The molecular formula is C25H31N3O4. The van der Waals surface area contributed by atoms with Crippen molar-refractivity contribution in [3.63, 3.8) is 0 Å². The van der Waals surface area contributed by atoms with E-state index in [4.69, 9.17) is 14.2 Å². The largest absolute Gasteiger partial charge is 0.497 e. The van der Waals surface area contributed by atoms with Gasteiger partial charge in [-0.2, -0.15) is 0 Å². The van der Waals surface area contributed by atoms with Gasteiger partial charge < -0.3 is 24.5 Å². The number of rotatable bonds is 9. The molecule has 1 saturated heterocycles. The van der Waals surface area contributed by atoms with Crippen LogP contribution in [0.5, 0.6) is 11.5 Å². The Labute approximate surface area is 188 Å². The molecule has 3 aromatic rings. The molecule has 1 aromatic heterocycles. The van der Waals surface area contributed by atoms with Gasteiger partial charge in [-0.3, -0.25) is 9.69 Å². The summed E-state index contributed by atoms with van der Waals surface area (Å²) < 4.78 is 16.5. The highest BCUT2D eigenvalue weighted by atomic mass is 16.5. The Morgan fingerprint density at radius 3 is 2.72 bits per heavy atom. The van der Waals surface area contributed by atoms with Gasteiger partial charge in [0.1, 0.15) is 11.5 Å². The van der Waals surface area contributed by atoms with E-state index in [1.54, 1.807) is 14.2 Å². The third-order valence-electron chi connectivity index (χ3n) is 6.05. The van der Waals surface area contributed by atoms with Crippen molar-refractivity contribution in [1.82, 2.24) is 15.2 Å². The lowest BCUT2D eigenvalue weighted by Gasteiger charge is -2.26. The number of carbonyl (C=O) groups is 1. The maximum Gasteiger partial charge on any atom is 0.220 e. The molecule has 7 nitrogen and oxygen atoms in total. The van der Waals surface area contributed by atoms with Gasteiger partial charge >= 0.3 is 0 Å². The fraction of sp³-hybridized carbons (Fsp3) is 0.400. The summed E-state index contributed by atoms with van der Waals surface area (Å²) in [5.74, 6) is 1.42. The molecule has 1 aliphatic heterocycles. The van der Waals surface area contributed by atoms with Gasteiger partial charge in [0.2, 0.25) is 5.91 Å². The number of hydrogen-bond acceptors (Lipinski definition) is 5. The molecule has 170 valence electrons. The highest BCUT2D eigenvalue weighted by molar-refractivity contribution is 5.87. The summed E-state index contributed by atoms with van der Waals surface area (Å²) in [5, 5.41) is 4.15. The molecule has 0 radical (unpaired) electrons. The third kappa shape index (κ3) is 5.06. The average Bonchev–Trinajstić information content (AvgIpc) is 3.26. The van der Waals surface area contributed by atoms with Crippen LogP contribution in [0, 0.1) is 0 Å². The number of H-pyrrole nitrogens is 1. The molecule has 1 atom stereocenters. The molecule has 0 spiro atoms. The zero-order valence-corrected chi connectivity index (χ0v) is 18.7. The van der Waals surface area contributed by atoms with Gasteiger partial charge in [-0.15, -0.1) is 0 Å². The van der Waals surface area contributed by atoms with E-state index in [2.05, 4.69) is 15.2 Å². The Bertz CT molecular complexity index is 1040. The number of nitrogens with zero attached hydrogens (tertiary/aromatic N) is 1. The summed E-state index contributed by atoms with van der Waals surface area (Å²) in [6.45, 7) is 4.80. The molecule has 4 rings (SSSR count). The molecule has 1 amide bonds. The van der Waals surface area contributed by atoms with Crippen LogP contribution >= 0.6 is 0 Å². The predicted molar refractivity (Wildman–Crippen MR) is 125 cm³/mol. The normalized spacial score (nSPS) is 15.4. The summed E-state index contributed by atoms with van der Waals surface area (Å²) in [5.41, 5.74) is 3.04. The number of para-hydroxylation sites is 1. The van der Waals surface area contributed by atoms with E-state index < -0.39 is 0 Å². The van der Waals surface area contributed by atoms with Crippen LogP contribution in [0.3, 0.4) is 0 Å². The number of carbonyl (C=O) groups excluding carboxylic acids is 1. The molecule has 2 heterocycles. The number of morpholine rings is 1. The predicted octanol–water partition coefficient (Wildman–Crippen LogP) is 3.16. The molecule has 2 aromatic carbocycles. The maximum atomic E-state index is 13.0. The molecule has 1 aliphatic rings. The minimum Gasteiger partial charge on any atom is -0.497 e. The summed E-state index contributed by atoms with van der Waals surface area (Å²) in [4.78, 5) is 18.6. The topological polar surface area (TPSA) is 75.8 Å². The Morgan fingerprint density at radius 2 is 1.94 bits per heavy atom. The molecule has 0 saturated carbocycles. The Balaban J connectivity index is 1.57. The van der Waals surface area contributed by atoms with Crippen molar-refractivity contribution in [2.45, 2.75) is 12.3 Å². The molecule has 2 N–H and O–H groups in total. The van der Waals surface area contributed by atoms with E-state index in [0.717, 1.165) is 66.4 Å². The molecular weight excluding hydrogens is 406 g/mol. The standard InChI is InChI=1S/C25H31N3O4/c1-30-18-7-8-23-21(15-18)22(17-27-23)20(19-5-3-4-6-24(19)31-2)16-25(29)26-9-10-28-11-13-32-14-12-28/h3-8,15,17,20,27H,9-14,16H2,1-2H3,(H,26,29). The number of ether oxygens (including phenoxy) is 3. The van der Waals surface area contributed by atoms with Gasteiger partial charge in [0.25, 0.3) is 0 Å². The van der Waals surface area contributed by atoms with E-state index in [9.17, 15) is 4.79 Å². The van der Waals surface area contributed by atoms with Crippen molar-refractivity contribution in [3.05, 3.63) is 59.8 Å². The van der Waals surface area contributed by atoms with Crippen LogP contribution in [0.2, 0.25) is 0 Å². The monoisotopic (exact) mass is 437 g/mol. The molecule has 7 heteroatoms. The highest BCUT2D eigenvalue weighted by Gasteiger charge is 2.24. The SMILES string of the molecule is COc1ccc2[nH]cc(C(CC(=O)NCCN3CCOCC3)c3ccccc3OC)c2c1. The van der Waals surface area contributed by atoms with Crippen LogP contribution in [0.15, 0.2) is 48.7 Å². The van der Waals surface area contributed by atoms with Gasteiger partial charge in [-0.05, 0) is 29.8 Å². The van der Waals surface area contributed by atoms with Crippen molar-refractivity contribution in [3.8, 4) is 11.5 Å². The van der Waals surface area contributed by atoms with Crippen molar-refractivity contribution < 1.29 is 19.0 Å². The quantitative estimate of drug-likeness (QED) is 0.538. The first-order chi connectivity index (χ1) is 15.7. The second-order valence-electron chi connectivity index (χ2n) is 7.96. The molecule has 0 bridgehead atoms. The number of amides is 1. The first kappa shape index (κ1) is 22.2. The minimum atomic E-state index is -0.157. The Hall–Kier alpha value is -3.03. The van der Waals surface area contributed by atoms with Gasteiger partial charge in [0.05, 0.1) is 27.4 Å². The van der Waals surface area contributed by atoms with Gasteiger partial charge in [0, 0.05) is 61.2 Å². The van der Waals surface area contributed by atoms with E-state index in [-0.39, 0.29) is 11.8 Å². The third-order valence-corrected chi connectivity index (χ3v) is 6.05. The Morgan fingerprint density at radius 1 is 1.12 bits per heavy atom. The number of nitrogens with one attached hydrogen (secondary N) is 2. The minimum absolute atomic E-state index is 0.0198. The summed E-state index contributed by atoms with van der Waals surface area (Å²) in [6.07, 6.45) is 2.32. The molecule has 0 aliphatic carbocycles. The number of benzene rings is 2. The van der Waals surface area contributed by atoms with Crippen LogP contribution in [-0.4, -0.2) is 69.4 Å². The van der Waals surface area contributed by atoms with Crippen molar-refractivity contribution in [2.24, 2.45) is 0 Å². The van der Waals surface area contributed by atoms with Crippen LogP contribution in [0.1, 0.15) is 23.5 Å². The summed E-state index contributed by atoms with van der Waals surface area (Å²) in [7, 11) is 3.32. The lowest BCUT2D eigenvalue weighted by atomic mass is 9.87. The fourth-order valence-corrected chi connectivity index (χ4v) is 4.31. The fourth-order valence-electron chi connectivity index (χ4n) is 4.31. The number of methoxy groups -OCH3 is 2. The highest BCUT2D eigenvalue weighted by Crippen LogP contribution is 2.38. The van der Waals surface area contributed by atoms with Crippen molar-refractivity contribution >= 4 is 16.8 Å².